The maximum Gasteiger partial charge on any atom is 0.311 e. The third-order valence-corrected chi connectivity index (χ3v) is 7.79. The zero-order valence-electron chi connectivity index (χ0n) is 21.1. The van der Waals surface area contributed by atoms with Crippen LogP contribution in [0.3, 0.4) is 0 Å². The summed E-state index contributed by atoms with van der Waals surface area (Å²) in [6.45, 7) is 5.34. The van der Waals surface area contributed by atoms with Gasteiger partial charge in [0.2, 0.25) is 11.7 Å². The second kappa shape index (κ2) is 9.17. The second-order valence-corrected chi connectivity index (χ2v) is 9.98. The van der Waals surface area contributed by atoms with Crippen LogP contribution in [0.15, 0.2) is 18.7 Å². The molecule has 4 rings (SSSR count). The van der Waals surface area contributed by atoms with E-state index >= 15 is 0 Å². The van der Waals surface area contributed by atoms with E-state index in [1.165, 1.54) is 25.9 Å². The summed E-state index contributed by atoms with van der Waals surface area (Å²) >= 11 is 0. The monoisotopic (exact) mass is 543 g/mol. The quantitative estimate of drug-likeness (QED) is 0.179. The highest BCUT2D eigenvalue weighted by atomic mass is 16.6. The molecule has 1 aromatic rings. The number of amides is 1. The summed E-state index contributed by atoms with van der Waals surface area (Å²) in [6.07, 6.45) is -1.86. The summed E-state index contributed by atoms with van der Waals surface area (Å²) in [7, 11) is 2.75. The molecule has 1 aromatic carbocycles. The van der Waals surface area contributed by atoms with E-state index in [-0.39, 0.29) is 17.6 Å². The molecule has 7 atom stereocenters. The minimum atomic E-state index is -3.20. The van der Waals surface area contributed by atoms with Gasteiger partial charge in [-0.05, 0) is 31.3 Å². The maximum absolute atomic E-state index is 14.0. The Morgan fingerprint density at radius 3 is 2.33 bits per heavy atom. The molecule has 39 heavy (non-hydrogen) atoms. The summed E-state index contributed by atoms with van der Waals surface area (Å²) < 4.78 is 5.61. The zero-order chi connectivity index (χ0) is 29.3. The lowest BCUT2D eigenvalue weighted by Gasteiger charge is -2.55. The van der Waals surface area contributed by atoms with Crippen LogP contribution in [0.1, 0.15) is 29.3 Å². The summed E-state index contributed by atoms with van der Waals surface area (Å²) in [5, 5.41) is 33.8. The van der Waals surface area contributed by atoms with Crippen LogP contribution in [0.5, 0.6) is 5.75 Å². The van der Waals surface area contributed by atoms with Crippen molar-refractivity contribution in [2.45, 2.75) is 31.1 Å². The molecule has 2 saturated carbocycles. The van der Waals surface area contributed by atoms with Gasteiger partial charge >= 0.3 is 11.7 Å². The number of ether oxygens (including phenoxy) is 1. The molecule has 2 unspecified atom stereocenters. The van der Waals surface area contributed by atoms with Gasteiger partial charge in [-0.3, -0.25) is 43.8 Å². The van der Waals surface area contributed by atoms with Crippen LogP contribution in [-0.4, -0.2) is 86.9 Å². The number of nitrogens with zero attached hydrogens (tertiary/aromatic N) is 2. The number of benzene rings is 1. The van der Waals surface area contributed by atoms with E-state index in [0.29, 0.717) is 0 Å². The Kier molecular flexibility index (Phi) is 6.52. The largest absolute Gasteiger partial charge is 0.502 e. The number of hydrogen-bond donors (Lipinski definition) is 3. The molecular formula is C25H25N3O11. The average Bonchev–Trinajstić information content (AvgIpc) is 2.84. The standard InChI is InChI=1S/C25H25N3O11/c1-5-11(29)39-21-12-8(2)9-6-7-10(28(37)38)18(30)13(9)19(31)14(12)22(33)25(36)16(21)17(27(3)4)20(32)15(23(25)34)24(26)35/h6-7,12,14-17,21,30,36H,2,5H2,1,3-4H3,(H2,26,35)/t12-,14?,15?,16-,17+,21+,25+/m1/s1. The Bertz CT molecular complexity index is 1400. The SMILES string of the molecule is C=C1c2ccc([N+](=O)[O-])c(O)c2C(=O)C2C(=O)[C@]3(O)C(=O)C(C(N)=O)C(=O)[C@@H](N(C)C)[C@@H]3[C@@H](OC(=O)CC)[C@H]12. The minimum absolute atomic E-state index is 0.0569. The van der Waals surface area contributed by atoms with E-state index in [2.05, 4.69) is 6.58 Å². The van der Waals surface area contributed by atoms with Gasteiger partial charge in [-0.25, -0.2) is 0 Å². The lowest BCUT2D eigenvalue weighted by atomic mass is 9.50. The van der Waals surface area contributed by atoms with Gasteiger partial charge in [0.25, 0.3) is 0 Å². The van der Waals surface area contributed by atoms with Crippen molar-refractivity contribution in [1.82, 2.24) is 4.90 Å². The molecule has 14 nitrogen and oxygen atoms in total. The molecule has 0 heterocycles. The number of nitro groups is 1. The number of fused-ring (bicyclic) bond motifs is 3. The van der Waals surface area contributed by atoms with Crippen LogP contribution in [0, 0.1) is 33.8 Å². The van der Waals surface area contributed by atoms with Crippen LogP contribution in [0.4, 0.5) is 5.69 Å². The minimum Gasteiger partial charge on any atom is -0.502 e. The van der Waals surface area contributed by atoms with Crippen molar-refractivity contribution in [3.63, 3.8) is 0 Å². The summed E-state index contributed by atoms with van der Waals surface area (Å²) in [5.74, 6) is -16.0. The third-order valence-electron chi connectivity index (χ3n) is 7.79. The predicted molar refractivity (Wildman–Crippen MR) is 129 cm³/mol. The number of carbonyl (C=O) groups excluding carboxylic acids is 6. The molecule has 206 valence electrons. The van der Waals surface area contributed by atoms with E-state index in [9.17, 15) is 49.1 Å². The van der Waals surface area contributed by atoms with Crippen LogP contribution < -0.4 is 5.73 Å². The molecule has 14 heteroatoms. The summed E-state index contributed by atoms with van der Waals surface area (Å²) in [4.78, 5) is 91.0. The number of ketones is 4. The average molecular weight is 543 g/mol. The Morgan fingerprint density at radius 2 is 1.82 bits per heavy atom. The molecular weight excluding hydrogens is 518 g/mol. The van der Waals surface area contributed by atoms with Gasteiger partial charge in [0.15, 0.2) is 34.7 Å². The fraction of sp³-hybridized carbons (Fsp3) is 0.440. The molecule has 2 fully saturated rings. The first-order valence-corrected chi connectivity index (χ1v) is 11.9. The number of phenols is 1. The van der Waals surface area contributed by atoms with Crippen molar-refractivity contribution >= 4 is 46.3 Å². The molecule has 0 aromatic heterocycles. The van der Waals surface area contributed by atoms with Crippen LogP contribution in [0.2, 0.25) is 0 Å². The van der Waals surface area contributed by atoms with Crippen molar-refractivity contribution in [2.75, 3.05) is 14.1 Å². The molecule has 0 bridgehead atoms. The van der Waals surface area contributed by atoms with Gasteiger partial charge in [0, 0.05) is 18.4 Å². The number of phenolic OH excluding ortho intramolecular Hbond substituents is 1. The van der Waals surface area contributed by atoms with E-state index in [1.807, 2.05) is 0 Å². The number of nitro benzene ring substituents is 1. The number of primary amides is 1. The van der Waals surface area contributed by atoms with Gasteiger partial charge in [0.1, 0.15) is 6.10 Å². The second-order valence-electron chi connectivity index (χ2n) is 9.98. The van der Waals surface area contributed by atoms with E-state index < -0.39 is 98.4 Å². The number of likely N-dealkylation sites (N-methyl/N-ethyl adjacent to an activating group) is 1. The van der Waals surface area contributed by atoms with Gasteiger partial charge < -0.3 is 20.7 Å². The highest BCUT2D eigenvalue weighted by Crippen LogP contribution is 2.55. The number of esters is 1. The number of hydrogen-bond acceptors (Lipinski definition) is 12. The molecule has 0 aliphatic heterocycles. The Hall–Kier alpha value is -4.30. The van der Waals surface area contributed by atoms with Crippen LogP contribution >= 0.6 is 0 Å². The predicted octanol–water partition coefficient (Wildman–Crippen LogP) is -0.822. The molecule has 0 radical (unpaired) electrons. The molecule has 3 aliphatic rings. The Morgan fingerprint density at radius 1 is 1.21 bits per heavy atom. The fourth-order valence-electron chi connectivity index (χ4n) is 6.09. The number of carbonyl (C=O) groups is 6. The Labute approximate surface area is 220 Å². The van der Waals surface area contributed by atoms with Crippen molar-refractivity contribution < 1.29 is 48.6 Å². The van der Waals surface area contributed by atoms with Gasteiger partial charge in [0.05, 0.1) is 28.4 Å². The normalized spacial score (nSPS) is 31.9. The first-order chi connectivity index (χ1) is 18.1. The van der Waals surface area contributed by atoms with Crippen molar-refractivity contribution in [1.29, 1.82) is 0 Å². The van der Waals surface area contributed by atoms with E-state index in [1.54, 1.807) is 0 Å². The van der Waals surface area contributed by atoms with Crippen LogP contribution in [-0.2, 0) is 28.7 Å². The fourth-order valence-corrected chi connectivity index (χ4v) is 6.09. The Balaban J connectivity index is 2.05. The number of rotatable bonds is 5. The maximum atomic E-state index is 14.0. The highest BCUT2D eigenvalue weighted by molar-refractivity contribution is 6.33. The molecule has 0 spiro atoms. The van der Waals surface area contributed by atoms with Gasteiger partial charge in [-0.2, -0.15) is 0 Å². The number of Topliss-reactive ketones (excluding diaryl/α,β-unsaturated/α-hetero) is 4. The molecule has 3 aliphatic carbocycles. The number of nitrogens with two attached hydrogens (primary N) is 1. The van der Waals surface area contributed by atoms with E-state index in [0.717, 1.165) is 12.1 Å². The van der Waals surface area contributed by atoms with Crippen molar-refractivity contribution in [2.24, 2.45) is 29.4 Å². The smallest absolute Gasteiger partial charge is 0.311 e. The summed E-state index contributed by atoms with van der Waals surface area (Å²) in [6, 6.07) is 0.519. The van der Waals surface area contributed by atoms with Gasteiger partial charge in [-0.1, -0.05) is 13.5 Å². The molecule has 0 saturated heterocycles. The lowest BCUT2D eigenvalue weighted by Crippen LogP contribution is -2.77. The molecule has 4 N–H and O–H groups in total. The third kappa shape index (κ3) is 3.62. The topological polar surface area (TPSA) is 225 Å². The van der Waals surface area contributed by atoms with Gasteiger partial charge in [-0.15, -0.1) is 0 Å². The van der Waals surface area contributed by atoms with Crippen LogP contribution in [0.25, 0.3) is 5.57 Å². The first kappa shape index (κ1) is 27.7. The van der Waals surface area contributed by atoms with Crippen molar-refractivity contribution in [3.8, 4) is 5.75 Å². The molecule has 1 amide bonds. The lowest BCUT2D eigenvalue weighted by molar-refractivity contribution is -0.385. The van der Waals surface area contributed by atoms with Crippen molar-refractivity contribution in [3.05, 3.63) is 40.0 Å². The zero-order valence-corrected chi connectivity index (χ0v) is 21.1. The first-order valence-electron chi connectivity index (χ1n) is 11.9. The number of aromatic hydroxyl groups is 1. The highest BCUT2D eigenvalue weighted by Gasteiger charge is 2.73. The van der Waals surface area contributed by atoms with E-state index in [4.69, 9.17) is 10.5 Å². The number of aliphatic hydroxyl groups is 1. The summed E-state index contributed by atoms with van der Waals surface area (Å²) in [5.41, 5.74) is 0.478.